The van der Waals surface area contributed by atoms with Crippen molar-refractivity contribution in [2.24, 2.45) is 17.8 Å². The Morgan fingerprint density at radius 3 is 2.48 bits per heavy atom. The average molecular weight is 376 g/mol. The highest BCUT2D eigenvalue weighted by atomic mass is 16.5. The lowest BCUT2D eigenvalue weighted by Crippen LogP contribution is -2.48. The van der Waals surface area contributed by atoms with E-state index < -0.39 is 0 Å². The third kappa shape index (κ3) is 4.43. The van der Waals surface area contributed by atoms with Crippen LogP contribution in [-0.4, -0.2) is 43.4 Å². The fourth-order valence-corrected chi connectivity index (χ4v) is 5.25. The van der Waals surface area contributed by atoms with Gasteiger partial charge in [0.2, 0.25) is 0 Å². The van der Waals surface area contributed by atoms with Gasteiger partial charge in [0.15, 0.2) is 11.5 Å². The van der Waals surface area contributed by atoms with Crippen molar-refractivity contribution in [2.45, 2.75) is 65.0 Å². The summed E-state index contributed by atoms with van der Waals surface area (Å²) in [5, 5.41) is 10.9. The Morgan fingerprint density at radius 2 is 1.81 bits per heavy atom. The van der Waals surface area contributed by atoms with Gasteiger partial charge in [0.25, 0.3) is 0 Å². The molecule has 27 heavy (non-hydrogen) atoms. The second kappa shape index (κ2) is 8.83. The van der Waals surface area contributed by atoms with E-state index in [0.717, 1.165) is 49.8 Å². The average Bonchev–Trinajstić information content (AvgIpc) is 2.65. The maximum absolute atomic E-state index is 10.9. The summed E-state index contributed by atoms with van der Waals surface area (Å²) in [6.45, 7) is 9.00. The van der Waals surface area contributed by atoms with E-state index in [1.807, 2.05) is 0 Å². The minimum absolute atomic E-state index is 0.212. The van der Waals surface area contributed by atoms with Crippen LogP contribution in [0, 0.1) is 17.8 Å². The molecule has 1 aromatic rings. The van der Waals surface area contributed by atoms with Gasteiger partial charge >= 0.3 is 0 Å². The van der Waals surface area contributed by atoms with Crippen LogP contribution in [0.2, 0.25) is 0 Å². The molecule has 0 radical (unpaired) electrons. The minimum Gasteiger partial charge on any atom is -0.493 e. The quantitative estimate of drug-likeness (QED) is 0.765. The highest BCUT2D eigenvalue weighted by Crippen LogP contribution is 2.46. The molecule has 1 aromatic carbocycles. The predicted octanol–water partition coefficient (Wildman–Crippen LogP) is 4.45. The number of methoxy groups -OCH3 is 2. The normalized spacial score (nSPS) is 26.4. The summed E-state index contributed by atoms with van der Waals surface area (Å²) in [6.07, 6.45) is 5.26. The minimum atomic E-state index is -0.212. The predicted molar refractivity (Wildman–Crippen MR) is 110 cm³/mol. The fourth-order valence-electron chi connectivity index (χ4n) is 5.25. The molecule has 0 aromatic heterocycles. The largest absolute Gasteiger partial charge is 0.493 e. The zero-order valence-corrected chi connectivity index (χ0v) is 17.7. The Morgan fingerprint density at radius 1 is 1.11 bits per heavy atom. The Balaban J connectivity index is 1.86. The van der Waals surface area contributed by atoms with E-state index in [2.05, 4.69) is 37.8 Å². The molecule has 3 rings (SSSR count). The summed E-state index contributed by atoms with van der Waals surface area (Å²) < 4.78 is 11.1. The number of fused-ring (bicyclic) bond motifs is 3. The van der Waals surface area contributed by atoms with Gasteiger partial charge in [-0.25, -0.2) is 0 Å². The summed E-state index contributed by atoms with van der Waals surface area (Å²) in [7, 11) is 3.40. The highest BCUT2D eigenvalue weighted by Gasteiger charge is 2.41. The molecule has 0 saturated carbocycles. The molecule has 1 unspecified atom stereocenters. The van der Waals surface area contributed by atoms with Crippen molar-refractivity contribution >= 4 is 0 Å². The Hall–Kier alpha value is -1.26. The van der Waals surface area contributed by atoms with Crippen LogP contribution < -0.4 is 9.47 Å². The summed E-state index contributed by atoms with van der Waals surface area (Å²) in [5.74, 6) is 3.35. The molecule has 0 amide bonds. The van der Waals surface area contributed by atoms with Gasteiger partial charge in [0.1, 0.15) is 0 Å². The lowest BCUT2D eigenvalue weighted by atomic mass is 9.75. The van der Waals surface area contributed by atoms with Crippen LogP contribution in [0.4, 0.5) is 0 Å². The first-order valence-corrected chi connectivity index (χ1v) is 10.6. The van der Waals surface area contributed by atoms with Crippen LogP contribution in [0.5, 0.6) is 11.5 Å². The lowest BCUT2D eigenvalue weighted by Gasteiger charge is -2.48. The lowest BCUT2D eigenvalue weighted by molar-refractivity contribution is -0.0282. The van der Waals surface area contributed by atoms with Crippen molar-refractivity contribution in [1.82, 2.24) is 4.90 Å². The summed E-state index contributed by atoms with van der Waals surface area (Å²) in [6, 6.07) is 4.60. The molecule has 4 heteroatoms. The van der Waals surface area contributed by atoms with Gasteiger partial charge in [-0.1, -0.05) is 27.2 Å². The highest BCUT2D eigenvalue weighted by molar-refractivity contribution is 5.49. The topological polar surface area (TPSA) is 41.9 Å². The van der Waals surface area contributed by atoms with Crippen molar-refractivity contribution in [3.05, 3.63) is 23.3 Å². The molecule has 152 valence electrons. The summed E-state index contributed by atoms with van der Waals surface area (Å²) in [5.41, 5.74) is 2.68. The molecule has 0 aliphatic carbocycles. The van der Waals surface area contributed by atoms with Gasteiger partial charge in [-0.15, -0.1) is 0 Å². The Kier molecular flexibility index (Phi) is 6.69. The van der Waals surface area contributed by atoms with E-state index >= 15 is 0 Å². The number of ether oxygens (including phenoxy) is 2. The fraction of sp³-hybridized carbons (Fsp3) is 0.739. The molecule has 2 aliphatic heterocycles. The number of piperidine rings is 1. The van der Waals surface area contributed by atoms with Gasteiger partial charge in [-0.3, -0.25) is 4.90 Å². The van der Waals surface area contributed by atoms with E-state index in [1.54, 1.807) is 14.2 Å². The summed E-state index contributed by atoms with van der Waals surface area (Å²) >= 11 is 0. The van der Waals surface area contributed by atoms with Crippen molar-refractivity contribution in [3.63, 3.8) is 0 Å². The van der Waals surface area contributed by atoms with Crippen molar-refractivity contribution in [2.75, 3.05) is 27.3 Å². The number of benzene rings is 1. The van der Waals surface area contributed by atoms with Gasteiger partial charge in [-0.2, -0.15) is 0 Å². The number of aliphatic hydroxyl groups is 1. The van der Waals surface area contributed by atoms with Crippen LogP contribution in [-0.2, 0) is 6.42 Å². The molecule has 4 atom stereocenters. The number of hydrogen-bond acceptors (Lipinski definition) is 4. The monoisotopic (exact) mass is 375 g/mol. The zero-order chi connectivity index (χ0) is 19.6. The first-order valence-electron chi connectivity index (χ1n) is 10.6. The number of rotatable bonds is 7. The van der Waals surface area contributed by atoms with Gasteiger partial charge in [0, 0.05) is 25.0 Å². The molecule has 0 spiro atoms. The molecule has 0 bridgehead atoms. The third-order valence-corrected chi connectivity index (χ3v) is 6.50. The summed E-state index contributed by atoms with van der Waals surface area (Å²) in [4.78, 5) is 2.58. The molecular formula is C23H37NO3. The maximum atomic E-state index is 10.9. The number of hydrogen-bond donors (Lipinski definition) is 1. The van der Waals surface area contributed by atoms with Crippen LogP contribution in [0.15, 0.2) is 12.1 Å². The van der Waals surface area contributed by atoms with E-state index in [0.29, 0.717) is 17.9 Å². The third-order valence-electron chi connectivity index (χ3n) is 6.50. The van der Waals surface area contributed by atoms with Crippen molar-refractivity contribution in [3.8, 4) is 11.5 Å². The van der Waals surface area contributed by atoms with E-state index in [9.17, 15) is 5.11 Å². The smallest absolute Gasteiger partial charge is 0.161 e. The standard InChI is InChI=1S/C23H37NO3/c1-15(2)12-16(3)6-7-18-20(25)9-11-24-10-8-17-13-21(26-4)22(27-5)14-19(17)23(18)24/h13-16,18,20,23,25H,6-12H2,1-5H3/t16-,18?,20-,23-/m1/s1. The van der Waals surface area contributed by atoms with Crippen LogP contribution in [0.3, 0.4) is 0 Å². The first-order chi connectivity index (χ1) is 12.9. The zero-order valence-electron chi connectivity index (χ0n) is 17.7. The number of nitrogens with zero attached hydrogens (tertiary/aromatic N) is 1. The van der Waals surface area contributed by atoms with Gasteiger partial charge in [-0.05, 0) is 60.8 Å². The molecular weight excluding hydrogens is 338 g/mol. The molecule has 1 N–H and O–H groups in total. The second-order valence-corrected chi connectivity index (χ2v) is 8.97. The maximum Gasteiger partial charge on any atom is 0.161 e. The van der Waals surface area contributed by atoms with Gasteiger partial charge in [0.05, 0.1) is 20.3 Å². The SMILES string of the molecule is COc1cc2c(cc1OC)[C@H]1C(CC[C@@H](C)CC(C)C)[C@H](O)CCN1CC2. The van der Waals surface area contributed by atoms with Crippen LogP contribution in [0.1, 0.15) is 63.6 Å². The van der Waals surface area contributed by atoms with Crippen molar-refractivity contribution < 1.29 is 14.6 Å². The van der Waals surface area contributed by atoms with Crippen LogP contribution >= 0.6 is 0 Å². The Bertz CT molecular complexity index is 630. The molecule has 4 nitrogen and oxygen atoms in total. The second-order valence-electron chi connectivity index (χ2n) is 8.97. The van der Waals surface area contributed by atoms with Gasteiger partial charge < -0.3 is 14.6 Å². The van der Waals surface area contributed by atoms with E-state index in [-0.39, 0.29) is 6.10 Å². The van der Waals surface area contributed by atoms with Crippen molar-refractivity contribution in [1.29, 1.82) is 0 Å². The van der Waals surface area contributed by atoms with Crippen LogP contribution in [0.25, 0.3) is 0 Å². The van der Waals surface area contributed by atoms with E-state index in [4.69, 9.17) is 9.47 Å². The first kappa shape index (κ1) is 20.5. The molecule has 1 saturated heterocycles. The molecule has 1 fully saturated rings. The Labute approximate surface area is 164 Å². The molecule has 2 aliphatic rings. The van der Waals surface area contributed by atoms with E-state index in [1.165, 1.54) is 24.0 Å². The number of aliphatic hydroxyl groups excluding tert-OH is 1. The molecule has 2 heterocycles.